The van der Waals surface area contributed by atoms with Gasteiger partial charge in [-0.1, -0.05) is 0 Å². The van der Waals surface area contributed by atoms with Crippen LogP contribution in [0.3, 0.4) is 0 Å². The van der Waals surface area contributed by atoms with Gasteiger partial charge in [-0.25, -0.2) is 18.7 Å². The van der Waals surface area contributed by atoms with E-state index in [1.54, 1.807) is 6.07 Å². The molecule has 0 bridgehead atoms. The molecule has 2 aromatic rings. The van der Waals surface area contributed by atoms with Crippen molar-refractivity contribution in [2.24, 2.45) is 0 Å². The number of ether oxygens (including phenoxy) is 2. The fourth-order valence-corrected chi connectivity index (χ4v) is 3.68. The summed E-state index contributed by atoms with van der Waals surface area (Å²) in [5, 5.41) is 11.3. The van der Waals surface area contributed by atoms with E-state index in [1.807, 2.05) is 22.6 Å². The number of amides is 1. The second-order valence-corrected chi connectivity index (χ2v) is 8.59. The van der Waals surface area contributed by atoms with E-state index in [2.05, 4.69) is 15.7 Å². The number of nitrogens with zero attached hydrogens (tertiary/aromatic N) is 1. The first kappa shape index (κ1) is 26.6. The first-order valence-corrected chi connectivity index (χ1v) is 11.6. The fourth-order valence-electron chi connectivity index (χ4n) is 3.23. The molecule has 34 heavy (non-hydrogen) atoms. The maximum atomic E-state index is 15.1. The summed E-state index contributed by atoms with van der Waals surface area (Å²) >= 11 is 1.91. The number of benzene rings is 2. The highest BCUT2D eigenvalue weighted by Crippen LogP contribution is 2.31. The minimum absolute atomic E-state index is 0.140. The number of carbonyl (C=O) groups excluding carboxylic acids is 1. The molecule has 0 atom stereocenters. The van der Waals surface area contributed by atoms with Crippen LogP contribution in [-0.2, 0) is 20.9 Å². The van der Waals surface area contributed by atoms with E-state index in [4.69, 9.17) is 19.4 Å². The maximum absolute atomic E-state index is 15.1. The molecule has 8 nitrogen and oxygen atoms in total. The number of aliphatic hydroxyl groups is 1. The molecule has 0 radical (unpaired) electrons. The molecule has 0 aliphatic carbocycles. The Bertz CT molecular complexity index is 993. The molecule has 1 amide bonds. The third kappa shape index (κ3) is 7.26. The van der Waals surface area contributed by atoms with Crippen molar-refractivity contribution in [3.05, 3.63) is 56.4 Å². The minimum Gasteiger partial charge on any atom is -0.394 e. The molecule has 3 N–H and O–H groups in total. The Morgan fingerprint density at radius 3 is 2.62 bits per heavy atom. The third-order valence-corrected chi connectivity index (χ3v) is 5.66. The molecular weight excluding hydrogens is 570 g/mol. The van der Waals surface area contributed by atoms with Gasteiger partial charge in [-0.15, -0.1) is 0 Å². The highest BCUT2D eigenvalue weighted by molar-refractivity contribution is 14.1. The molecule has 0 spiro atoms. The molecule has 1 aliphatic heterocycles. The van der Waals surface area contributed by atoms with Crippen molar-refractivity contribution in [2.75, 3.05) is 58.0 Å². The minimum atomic E-state index is -1.36. The standard InChI is InChI=1S/C22H25F3IN3O5/c23-17-12-15(26)1-2-18(17)27-21-16(22(31)28-34-10-6-30)11-14(19(24)20(21)25)13-33-9-5-29-3-7-32-8-4-29/h1-2,11-12,27,30H,3-10,13H2,(H,28,31). The van der Waals surface area contributed by atoms with E-state index in [0.29, 0.717) is 23.3 Å². The predicted molar refractivity (Wildman–Crippen MR) is 126 cm³/mol. The number of anilines is 2. The summed E-state index contributed by atoms with van der Waals surface area (Å²) in [6, 6.07) is 5.25. The van der Waals surface area contributed by atoms with Crippen LogP contribution in [0.5, 0.6) is 0 Å². The average Bonchev–Trinajstić information content (AvgIpc) is 2.83. The normalized spacial score (nSPS) is 14.3. The topological polar surface area (TPSA) is 92.3 Å². The maximum Gasteiger partial charge on any atom is 0.277 e. The Morgan fingerprint density at radius 2 is 1.91 bits per heavy atom. The van der Waals surface area contributed by atoms with Crippen LogP contribution in [0.1, 0.15) is 15.9 Å². The number of aliphatic hydroxyl groups excluding tert-OH is 1. The van der Waals surface area contributed by atoms with Crippen molar-refractivity contribution in [1.29, 1.82) is 0 Å². The first-order valence-electron chi connectivity index (χ1n) is 10.5. The molecule has 12 heteroatoms. The Balaban J connectivity index is 1.80. The van der Waals surface area contributed by atoms with Gasteiger partial charge >= 0.3 is 0 Å². The number of rotatable bonds is 11. The second kappa shape index (κ2) is 13.2. The number of hydrogen-bond donors (Lipinski definition) is 3. The van der Waals surface area contributed by atoms with Crippen LogP contribution in [0.2, 0.25) is 0 Å². The van der Waals surface area contributed by atoms with Gasteiger partial charge in [-0.2, -0.15) is 0 Å². The Morgan fingerprint density at radius 1 is 1.15 bits per heavy atom. The van der Waals surface area contributed by atoms with E-state index < -0.39 is 29.0 Å². The first-order chi connectivity index (χ1) is 16.4. The van der Waals surface area contributed by atoms with Gasteiger partial charge in [0.2, 0.25) is 0 Å². The van der Waals surface area contributed by atoms with Crippen LogP contribution in [-0.4, -0.2) is 68.6 Å². The Labute approximate surface area is 208 Å². The van der Waals surface area contributed by atoms with Crippen molar-refractivity contribution in [3.8, 4) is 0 Å². The number of nitrogens with one attached hydrogen (secondary N) is 2. The van der Waals surface area contributed by atoms with Gasteiger partial charge < -0.3 is 19.9 Å². The number of morpholine rings is 1. The van der Waals surface area contributed by atoms with Gasteiger partial charge in [0.25, 0.3) is 5.91 Å². The van der Waals surface area contributed by atoms with E-state index in [9.17, 15) is 13.6 Å². The number of hydrogen-bond acceptors (Lipinski definition) is 7. The zero-order valence-corrected chi connectivity index (χ0v) is 20.4. The molecule has 0 unspecified atom stereocenters. The van der Waals surface area contributed by atoms with E-state index in [0.717, 1.165) is 19.2 Å². The third-order valence-electron chi connectivity index (χ3n) is 4.99. The number of carbonyl (C=O) groups is 1. The van der Waals surface area contributed by atoms with E-state index in [-0.39, 0.29) is 43.2 Å². The van der Waals surface area contributed by atoms with Crippen LogP contribution in [0.15, 0.2) is 24.3 Å². The lowest BCUT2D eigenvalue weighted by molar-refractivity contribution is 0.0166. The van der Waals surface area contributed by atoms with Crippen molar-refractivity contribution in [2.45, 2.75) is 6.61 Å². The summed E-state index contributed by atoms with van der Waals surface area (Å²) < 4.78 is 55.6. The van der Waals surface area contributed by atoms with Gasteiger partial charge in [-0.3, -0.25) is 14.5 Å². The summed E-state index contributed by atoms with van der Waals surface area (Å²) in [5.41, 5.74) is 0.857. The molecule has 0 saturated carbocycles. The lowest BCUT2D eigenvalue weighted by Gasteiger charge is -2.26. The Kier molecular flexibility index (Phi) is 10.3. The van der Waals surface area contributed by atoms with Crippen LogP contribution >= 0.6 is 22.6 Å². The van der Waals surface area contributed by atoms with Crippen LogP contribution in [0.4, 0.5) is 24.5 Å². The zero-order chi connectivity index (χ0) is 24.5. The van der Waals surface area contributed by atoms with E-state index in [1.165, 1.54) is 12.1 Å². The van der Waals surface area contributed by atoms with Crippen molar-refractivity contribution < 1.29 is 37.4 Å². The molecule has 186 valence electrons. The average molecular weight is 595 g/mol. The summed E-state index contributed by atoms with van der Waals surface area (Å²) in [6.45, 7) is 2.82. The van der Waals surface area contributed by atoms with Gasteiger partial charge in [0, 0.05) is 28.8 Å². The van der Waals surface area contributed by atoms with Crippen molar-refractivity contribution in [1.82, 2.24) is 10.4 Å². The molecule has 2 aromatic carbocycles. The second-order valence-electron chi connectivity index (χ2n) is 7.35. The van der Waals surface area contributed by atoms with Crippen LogP contribution in [0, 0.1) is 21.0 Å². The summed E-state index contributed by atoms with van der Waals surface area (Å²) in [5.74, 6) is -4.19. The molecular formula is C22H25F3IN3O5. The van der Waals surface area contributed by atoms with Crippen LogP contribution in [0.25, 0.3) is 0 Å². The fraction of sp³-hybridized carbons (Fsp3) is 0.409. The number of halogens is 4. The SMILES string of the molecule is O=C(NOCCO)c1cc(COCCN2CCOCC2)c(F)c(F)c1Nc1ccc(I)cc1F. The Hall–Kier alpha value is -1.97. The molecule has 1 heterocycles. The molecule has 1 saturated heterocycles. The van der Waals surface area contributed by atoms with E-state index >= 15 is 4.39 Å². The lowest BCUT2D eigenvalue weighted by Crippen LogP contribution is -2.38. The smallest absolute Gasteiger partial charge is 0.277 e. The highest BCUT2D eigenvalue weighted by Gasteiger charge is 2.24. The van der Waals surface area contributed by atoms with Crippen LogP contribution < -0.4 is 10.8 Å². The largest absolute Gasteiger partial charge is 0.394 e. The lowest BCUT2D eigenvalue weighted by atomic mass is 10.1. The predicted octanol–water partition coefficient (Wildman–Crippen LogP) is 2.95. The summed E-state index contributed by atoms with van der Waals surface area (Å²) in [6.07, 6.45) is 0. The van der Waals surface area contributed by atoms with Crippen molar-refractivity contribution >= 4 is 39.9 Å². The molecule has 1 aliphatic rings. The molecule has 3 rings (SSSR count). The quantitative estimate of drug-likeness (QED) is 0.209. The zero-order valence-electron chi connectivity index (χ0n) is 18.2. The van der Waals surface area contributed by atoms with Crippen molar-refractivity contribution in [3.63, 3.8) is 0 Å². The van der Waals surface area contributed by atoms with Gasteiger partial charge in [0.1, 0.15) is 5.82 Å². The van der Waals surface area contributed by atoms with Gasteiger partial charge in [0.15, 0.2) is 11.6 Å². The number of hydroxylamine groups is 1. The van der Waals surface area contributed by atoms with Gasteiger partial charge in [0.05, 0.1) is 56.6 Å². The summed E-state index contributed by atoms with van der Waals surface area (Å²) in [7, 11) is 0. The monoisotopic (exact) mass is 595 g/mol. The van der Waals surface area contributed by atoms with Gasteiger partial charge in [-0.05, 0) is 46.9 Å². The highest BCUT2D eigenvalue weighted by atomic mass is 127. The molecule has 1 fully saturated rings. The molecule has 0 aromatic heterocycles. The summed E-state index contributed by atoms with van der Waals surface area (Å²) in [4.78, 5) is 19.5.